The van der Waals surface area contributed by atoms with E-state index in [0.29, 0.717) is 17.2 Å². The number of allylic oxidation sites excluding steroid dienone is 1. The van der Waals surface area contributed by atoms with Gasteiger partial charge in [0.1, 0.15) is 4.83 Å². The van der Waals surface area contributed by atoms with E-state index in [0.717, 1.165) is 23.1 Å². The van der Waals surface area contributed by atoms with Crippen LogP contribution < -0.4 is 5.56 Å². The summed E-state index contributed by atoms with van der Waals surface area (Å²) in [5.41, 5.74) is 1.28. The second-order valence-electron chi connectivity index (χ2n) is 5.19. The van der Waals surface area contributed by atoms with E-state index in [2.05, 4.69) is 18.5 Å². The molecule has 19 heavy (non-hydrogen) atoms. The van der Waals surface area contributed by atoms with Crippen molar-refractivity contribution in [1.82, 2.24) is 9.55 Å². The minimum atomic E-state index is 0.0326. The summed E-state index contributed by atoms with van der Waals surface area (Å²) in [6.07, 6.45) is 5.00. The highest BCUT2D eigenvalue weighted by Gasteiger charge is 2.23. The normalized spacial score (nSPS) is 18.5. The smallest absolute Gasteiger partial charge is 0.263 e. The SMILES string of the molecule is C=CCn1c(=S)[nH]c2sc3c(c2c1=O)C[C@@H](C)CC3. The van der Waals surface area contributed by atoms with Crippen molar-refractivity contribution >= 4 is 33.8 Å². The van der Waals surface area contributed by atoms with Crippen LogP contribution in [0.2, 0.25) is 0 Å². The Balaban J connectivity index is 2.35. The molecule has 2 aromatic heterocycles. The number of nitrogens with zero attached hydrogens (tertiary/aromatic N) is 1. The summed E-state index contributed by atoms with van der Waals surface area (Å²) in [6, 6.07) is 0. The van der Waals surface area contributed by atoms with Crippen molar-refractivity contribution in [1.29, 1.82) is 0 Å². The molecule has 3 nitrogen and oxygen atoms in total. The maximum Gasteiger partial charge on any atom is 0.263 e. The Bertz CT molecular complexity index is 766. The lowest BCUT2D eigenvalue weighted by atomic mass is 9.89. The van der Waals surface area contributed by atoms with E-state index in [1.165, 1.54) is 16.9 Å². The Morgan fingerprint density at radius 2 is 2.42 bits per heavy atom. The van der Waals surface area contributed by atoms with Crippen molar-refractivity contribution < 1.29 is 0 Å². The van der Waals surface area contributed by atoms with Crippen LogP contribution in [-0.4, -0.2) is 9.55 Å². The van der Waals surface area contributed by atoms with Gasteiger partial charge < -0.3 is 4.98 Å². The number of thiophene rings is 1. The second kappa shape index (κ2) is 4.72. The molecule has 2 heterocycles. The standard InChI is InChI=1S/C14H16N2OS2/c1-3-6-16-13(17)11-9-7-8(2)4-5-10(9)19-12(11)15-14(16)18/h3,8H,1,4-7H2,2H3,(H,15,18)/t8-/m0/s1. The molecule has 0 bridgehead atoms. The average molecular weight is 292 g/mol. The molecular formula is C14H16N2OS2. The van der Waals surface area contributed by atoms with Gasteiger partial charge in [0.25, 0.3) is 5.56 Å². The predicted octanol–water partition coefficient (Wildman–Crippen LogP) is 3.43. The highest BCUT2D eigenvalue weighted by Crippen LogP contribution is 2.35. The fraction of sp³-hybridized carbons (Fsp3) is 0.429. The first-order valence-corrected chi connectivity index (χ1v) is 7.72. The van der Waals surface area contributed by atoms with Crippen molar-refractivity contribution in [2.24, 2.45) is 5.92 Å². The molecule has 0 amide bonds. The first-order valence-electron chi connectivity index (χ1n) is 6.50. The summed E-state index contributed by atoms with van der Waals surface area (Å²) in [5.74, 6) is 0.653. The molecule has 5 heteroatoms. The van der Waals surface area contributed by atoms with Gasteiger partial charge in [0.15, 0.2) is 4.77 Å². The van der Waals surface area contributed by atoms with Crippen LogP contribution in [0, 0.1) is 10.7 Å². The highest BCUT2D eigenvalue weighted by molar-refractivity contribution is 7.71. The molecule has 3 rings (SSSR count). The molecule has 0 spiro atoms. The summed E-state index contributed by atoms with van der Waals surface area (Å²) >= 11 is 6.96. The van der Waals surface area contributed by atoms with Crippen LogP contribution in [0.25, 0.3) is 10.2 Å². The lowest BCUT2D eigenvalue weighted by molar-refractivity contribution is 0.508. The lowest BCUT2D eigenvalue weighted by Crippen LogP contribution is -2.22. The summed E-state index contributed by atoms with van der Waals surface area (Å²) in [7, 11) is 0. The monoisotopic (exact) mass is 292 g/mol. The van der Waals surface area contributed by atoms with Gasteiger partial charge in [-0.25, -0.2) is 0 Å². The quantitative estimate of drug-likeness (QED) is 0.680. The van der Waals surface area contributed by atoms with E-state index in [1.54, 1.807) is 22.0 Å². The number of hydrogen-bond acceptors (Lipinski definition) is 3. The Labute approximate surface area is 120 Å². The first kappa shape index (κ1) is 12.8. The second-order valence-corrected chi connectivity index (χ2v) is 6.68. The zero-order chi connectivity index (χ0) is 13.6. The topological polar surface area (TPSA) is 37.8 Å². The molecule has 0 unspecified atom stereocenters. The number of aryl methyl sites for hydroxylation is 1. The van der Waals surface area contributed by atoms with Crippen LogP contribution >= 0.6 is 23.6 Å². The molecule has 0 aliphatic heterocycles. The minimum absolute atomic E-state index is 0.0326. The molecule has 0 aromatic carbocycles. The molecule has 0 fully saturated rings. The third kappa shape index (κ3) is 2.01. The number of aromatic amines is 1. The highest BCUT2D eigenvalue weighted by atomic mass is 32.1. The molecule has 100 valence electrons. The van der Waals surface area contributed by atoms with Gasteiger partial charge in [-0.2, -0.15) is 0 Å². The molecule has 1 aliphatic rings. The van der Waals surface area contributed by atoms with Crippen LogP contribution in [0.4, 0.5) is 0 Å². The number of fused-ring (bicyclic) bond motifs is 3. The van der Waals surface area contributed by atoms with Crippen molar-refractivity contribution in [2.75, 3.05) is 0 Å². The molecule has 0 radical (unpaired) electrons. The van der Waals surface area contributed by atoms with E-state index < -0.39 is 0 Å². The number of rotatable bonds is 2. The fourth-order valence-electron chi connectivity index (χ4n) is 2.76. The Morgan fingerprint density at radius 3 is 3.16 bits per heavy atom. The van der Waals surface area contributed by atoms with Gasteiger partial charge in [0.05, 0.1) is 5.39 Å². The summed E-state index contributed by atoms with van der Waals surface area (Å²) in [4.78, 5) is 18.1. The predicted molar refractivity (Wildman–Crippen MR) is 82.7 cm³/mol. The van der Waals surface area contributed by atoms with Crippen LogP contribution in [-0.2, 0) is 19.4 Å². The van der Waals surface area contributed by atoms with Crippen LogP contribution in [0.5, 0.6) is 0 Å². The van der Waals surface area contributed by atoms with Crippen LogP contribution in [0.1, 0.15) is 23.8 Å². The minimum Gasteiger partial charge on any atom is -0.323 e. The molecule has 0 saturated heterocycles. The Kier molecular flexibility index (Phi) is 3.19. The van der Waals surface area contributed by atoms with E-state index in [4.69, 9.17) is 12.2 Å². The van der Waals surface area contributed by atoms with Gasteiger partial charge in [0, 0.05) is 11.4 Å². The van der Waals surface area contributed by atoms with Gasteiger partial charge in [-0.15, -0.1) is 17.9 Å². The van der Waals surface area contributed by atoms with Gasteiger partial charge in [-0.3, -0.25) is 9.36 Å². The summed E-state index contributed by atoms with van der Waals surface area (Å²) < 4.78 is 2.08. The number of aromatic nitrogens is 2. The van der Waals surface area contributed by atoms with Gasteiger partial charge >= 0.3 is 0 Å². The average Bonchev–Trinajstić information content (AvgIpc) is 2.71. The maximum absolute atomic E-state index is 12.6. The van der Waals surface area contributed by atoms with E-state index >= 15 is 0 Å². The van der Waals surface area contributed by atoms with Crippen LogP contribution in [0.15, 0.2) is 17.4 Å². The van der Waals surface area contributed by atoms with Gasteiger partial charge in [0.2, 0.25) is 0 Å². The lowest BCUT2D eigenvalue weighted by Gasteiger charge is -2.17. The van der Waals surface area contributed by atoms with Crippen molar-refractivity contribution in [3.63, 3.8) is 0 Å². The van der Waals surface area contributed by atoms with Gasteiger partial charge in [-0.1, -0.05) is 13.0 Å². The number of H-pyrrole nitrogens is 1. The zero-order valence-corrected chi connectivity index (χ0v) is 12.5. The zero-order valence-electron chi connectivity index (χ0n) is 10.9. The number of nitrogens with one attached hydrogen (secondary N) is 1. The Hall–Kier alpha value is -1.20. The van der Waals surface area contributed by atoms with Crippen molar-refractivity contribution in [3.05, 3.63) is 38.2 Å². The van der Waals surface area contributed by atoms with E-state index in [9.17, 15) is 4.79 Å². The van der Waals surface area contributed by atoms with Crippen LogP contribution in [0.3, 0.4) is 0 Å². The molecule has 1 N–H and O–H groups in total. The fourth-order valence-corrected chi connectivity index (χ4v) is 4.32. The van der Waals surface area contributed by atoms with E-state index in [-0.39, 0.29) is 5.56 Å². The first-order chi connectivity index (χ1) is 9.11. The Morgan fingerprint density at radius 1 is 1.63 bits per heavy atom. The van der Waals surface area contributed by atoms with Gasteiger partial charge in [-0.05, 0) is 43.0 Å². The maximum atomic E-state index is 12.6. The number of hydrogen-bond donors (Lipinski definition) is 1. The molecule has 2 aromatic rings. The molecular weight excluding hydrogens is 276 g/mol. The molecule has 0 saturated carbocycles. The third-order valence-electron chi connectivity index (χ3n) is 3.74. The largest absolute Gasteiger partial charge is 0.323 e. The van der Waals surface area contributed by atoms with E-state index in [1.807, 2.05) is 0 Å². The third-order valence-corrected chi connectivity index (χ3v) is 5.27. The summed E-state index contributed by atoms with van der Waals surface area (Å²) in [5, 5.41) is 0.849. The summed E-state index contributed by atoms with van der Waals surface area (Å²) in [6.45, 7) is 6.40. The van der Waals surface area contributed by atoms with Crippen molar-refractivity contribution in [2.45, 2.75) is 32.7 Å². The molecule has 1 aliphatic carbocycles. The molecule has 1 atom stereocenters. The van der Waals surface area contributed by atoms with Crippen molar-refractivity contribution in [3.8, 4) is 0 Å².